The summed E-state index contributed by atoms with van der Waals surface area (Å²) in [4.78, 5) is 0. The number of ether oxygens (including phenoxy) is 1. The Morgan fingerprint density at radius 2 is 1.50 bits per heavy atom. The van der Waals surface area contributed by atoms with Gasteiger partial charge >= 0.3 is 0 Å². The minimum Gasteiger partial charge on any atom is -0.496 e. The monoisotopic (exact) mass is 277 g/mol. The van der Waals surface area contributed by atoms with Crippen LogP contribution in [0.2, 0.25) is 0 Å². The normalized spacial score (nSPS) is 13.2. The molecule has 2 nitrogen and oxygen atoms in total. The van der Waals surface area contributed by atoms with Crippen molar-refractivity contribution in [1.82, 2.24) is 5.32 Å². The lowest BCUT2D eigenvalue weighted by Gasteiger charge is -2.27. The van der Waals surface area contributed by atoms with E-state index >= 15 is 0 Å². The predicted molar refractivity (Wildman–Crippen MR) is 87.2 cm³/mol. The SMILES string of the molecule is COc1ccccc1[C@@H](C)NC(CC(C)C)CC(C)C. The average molecular weight is 277 g/mol. The smallest absolute Gasteiger partial charge is 0.123 e. The molecule has 1 atom stereocenters. The van der Waals surface area contributed by atoms with E-state index in [-0.39, 0.29) is 0 Å². The first-order chi connectivity index (χ1) is 9.43. The van der Waals surface area contributed by atoms with E-state index in [1.165, 1.54) is 18.4 Å². The molecule has 0 unspecified atom stereocenters. The van der Waals surface area contributed by atoms with E-state index in [0.29, 0.717) is 12.1 Å². The summed E-state index contributed by atoms with van der Waals surface area (Å²) in [5.41, 5.74) is 1.24. The van der Waals surface area contributed by atoms with Gasteiger partial charge in [-0.1, -0.05) is 45.9 Å². The van der Waals surface area contributed by atoms with Gasteiger partial charge in [-0.15, -0.1) is 0 Å². The van der Waals surface area contributed by atoms with Crippen molar-refractivity contribution in [1.29, 1.82) is 0 Å². The van der Waals surface area contributed by atoms with Crippen molar-refractivity contribution >= 4 is 0 Å². The van der Waals surface area contributed by atoms with Gasteiger partial charge in [-0.05, 0) is 37.7 Å². The summed E-state index contributed by atoms with van der Waals surface area (Å²) in [7, 11) is 1.74. The van der Waals surface area contributed by atoms with E-state index in [1.54, 1.807) is 7.11 Å². The summed E-state index contributed by atoms with van der Waals surface area (Å²) in [6.07, 6.45) is 2.44. The van der Waals surface area contributed by atoms with Gasteiger partial charge in [-0.25, -0.2) is 0 Å². The lowest BCUT2D eigenvalue weighted by molar-refractivity contribution is 0.329. The molecule has 1 N–H and O–H groups in total. The van der Waals surface area contributed by atoms with Crippen LogP contribution in [0.15, 0.2) is 24.3 Å². The lowest BCUT2D eigenvalue weighted by Crippen LogP contribution is -2.34. The summed E-state index contributed by atoms with van der Waals surface area (Å²) in [5.74, 6) is 2.41. The molecule has 0 amide bonds. The molecule has 0 bridgehead atoms. The first-order valence-electron chi connectivity index (χ1n) is 7.83. The molecule has 0 saturated carbocycles. The third-order valence-corrected chi connectivity index (χ3v) is 3.60. The van der Waals surface area contributed by atoms with Crippen LogP contribution in [0.4, 0.5) is 0 Å². The Bertz CT molecular complexity index is 377. The number of benzene rings is 1. The summed E-state index contributed by atoms with van der Waals surface area (Å²) >= 11 is 0. The molecule has 20 heavy (non-hydrogen) atoms. The Morgan fingerprint density at radius 1 is 0.950 bits per heavy atom. The molecule has 114 valence electrons. The number of hydrogen-bond donors (Lipinski definition) is 1. The van der Waals surface area contributed by atoms with E-state index in [2.05, 4.69) is 52.1 Å². The number of hydrogen-bond acceptors (Lipinski definition) is 2. The molecule has 2 heteroatoms. The van der Waals surface area contributed by atoms with E-state index in [9.17, 15) is 0 Å². The molecule has 1 aromatic rings. The zero-order valence-corrected chi connectivity index (χ0v) is 13.9. The highest BCUT2D eigenvalue weighted by Gasteiger charge is 2.18. The fourth-order valence-electron chi connectivity index (χ4n) is 2.84. The molecule has 0 aromatic heterocycles. The van der Waals surface area contributed by atoms with Gasteiger partial charge in [-0.3, -0.25) is 0 Å². The standard InChI is InChI=1S/C18H31NO/c1-13(2)11-16(12-14(3)4)19-15(5)17-9-7-8-10-18(17)20-6/h7-10,13-16,19H,11-12H2,1-6H3/t15-/m1/s1. The topological polar surface area (TPSA) is 21.3 Å². The Hall–Kier alpha value is -1.02. The predicted octanol–water partition coefficient (Wildman–Crippen LogP) is 4.81. The minimum absolute atomic E-state index is 0.314. The highest BCUT2D eigenvalue weighted by Crippen LogP contribution is 2.26. The van der Waals surface area contributed by atoms with Gasteiger partial charge in [0, 0.05) is 17.6 Å². The largest absolute Gasteiger partial charge is 0.496 e. The number of rotatable bonds is 8. The quantitative estimate of drug-likeness (QED) is 0.736. The zero-order chi connectivity index (χ0) is 15.1. The maximum absolute atomic E-state index is 5.47. The highest BCUT2D eigenvalue weighted by atomic mass is 16.5. The van der Waals surface area contributed by atoms with Crippen molar-refractivity contribution in [2.45, 2.75) is 59.5 Å². The molecule has 0 aliphatic carbocycles. The van der Waals surface area contributed by atoms with Crippen molar-refractivity contribution in [2.24, 2.45) is 11.8 Å². The van der Waals surface area contributed by atoms with Crippen LogP contribution in [-0.2, 0) is 0 Å². The number of methoxy groups -OCH3 is 1. The van der Waals surface area contributed by atoms with Gasteiger partial charge in [0.05, 0.1) is 7.11 Å². The van der Waals surface area contributed by atoms with Gasteiger partial charge in [0.25, 0.3) is 0 Å². The van der Waals surface area contributed by atoms with Gasteiger partial charge < -0.3 is 10.1 Å². The van der Waals surface area contributed by atoms with E-state index in [1.807, 2.05) is 12.1 Å². The third-order valence-electron chi connectivity index (χ3n) is 3.60. The van der Waals surface area contributed by atoms with Gasteiger partial charge in [0.2, 0.25) is 0 Å². The number of para-hydroxylation sites is 1. The van der Waals surface area contributed by atoms with Crippen molar-refractivity contribution < 1.29 is 4.74 Å². The Labute approximate surface area is 124 Å². The van der Waals surface area contributed by atoms with Crippen LogP contribution in [0.1, 0.15) is 59.1 Å². The van der Waals surface area contributed by atoms with E-state index in [4.69, 9.17) is 4.74 Å². The second-order valence-electron chi connectivity index (χ2n) is 6.59. The van der Waals surface area contributed by atoms with Crippen LogP contribution in [-0.4, -0.2) is 13.2 Å². The number of nitrogens with one attached hydrogen (secondary N) is 1. The van der Waals surface area contributed by atoms with Gasteiger partial charge in [0.15, 0.2) is 0 Å². The Morgan fingerprint density at radius 3 is 2.00 bits per heavy atom. The Balaban J connectivity index is 2.76. The molecule has 0 saturated heterocycles. The molecule has 0 fully saturated rings. The molecule has 0 heterocycles. The second kappa shape index (κ2) is 8.31. The fourth-order valence-corrected chi connectivity index (χ4v) is 2.84. The molecular formula is C18H31NO. The van der Waals surface area contributed by atoms with E-state index in [0.717, 1.165) is 17.6 Å². The second-order valence-corrected chi connectivity index (χ2v) is 6.59. The van der Waals surface area contributed by atoms with Crippen molar-refractivity contribution in [2.75, 3.05) is 7.11 Å². The maximum atomic E-state index is 5.47. The third kappa shape index (κ3) is 5.54. The van der Waals surface area contributed by atoms with Crippen LogP contribution in [0, 0.1) is 11.8 Å². The summed E-state index contributed by atoms with van der Waals surface area (Å²) in [5, 5.41) is 3.79. The van der Waals surface area contributed by atoms with E-state index < -0.39 is 0 Å². The van der Waals surface area contributed by atoms with Gasteiger partial charge in [0.1, 0.15) is 5.75 Å². The Kier molecular flexibility index (Phi) is 7.08. The molecule has 0 radical (unpaired) electrons. The van der Waals surface area contributed by atoms with Crippen molar-refractivity contribution in [3.8, 4) is 5.75 Å². The van der Waals surface area contributed by atoms with Crippen LogP contribution in [0.25, 0.3) is 0 Å². The lowest BCUT2D eigenvalue weighted by atomic mass is 9.94. The fraction of sp³-hybridized carbons (Fsp3) is 0.667. The molecule has 0 aliphatic heterocycles. The van der Waals surface area contributed by atoms with Gasteiger partial charge in [-0.2, -0.15) is 0 Å². The van der Waals surface area contributed by atoms with Crippen LogP contribution < -0.4 is 10.1 Å². The molecule has 0 spiro atoms. The average Bonchev–Trinajstić information content (AvgIpc) is 2.36. The summed E-state index contributed by atoms with van der Waals surface area (Å²) in [6, 6.07) is 9.17. The van der Waals surface area contributed by atoms with Crippen molar-refractivity contribution in [3.05, 3.63) is 29.8 Å². The van der Waals surface area contributed by atoms with Crippen LogP contribution in [0.5, 0.6) is 5.75 Å². The zero-order valence-electron chi connectivity index (χ0n) is 13.9. The molecule has 1 aromatic carbocycles. The molecule has 1 rings (SSSR count). The highest BCUT2D eigenvalue weighted by molar-refractivity contribution is 5.35. The first kappa shape index (κ1) is 17.0. The minimum atomic E-state index is 0.314. The first-order valence-corrected chi connectivity index (χ1v) is 7.83. The van der Waals surface area contributed by atoms with Crippen molar-refractivity contribution in [3.63, 3.8) is 0 Å². The summed E-state index contributed by atoms with van der Waals surface area (Å²) < 4.78 is 5.47. The van der Waals surface area contributed by atoms with Crippen LogP contribution >= 0.6 is 0 Å². The maximum Gasteiger partial charge on any atom is 0.123 e. The summed E-state index contributed by atoms with van der Waals surface area (Å²) in [6.45, 7) is 11.4. The van der Waals surface area contributed by atoms with Crippen LogP contribution in [0.3, 0.4) is 0 Å². The molecular weight excluding hydrogens is 246 g/mol. The molecule has 0 aliphatic rings.